The zero-order valence-electron chi connectivity index (χ0n) is 5.46. The van der Waals surface area contributed by atoms with Crippen LogP contribution in [0.3, 0.4) is 0 Å². The molecule has 0 aromatic heterocycles. The minimum atomic E-state index is -0.329. The maximum absolute atomic E-state index is 10.7. The first-order valence-corrected chi connectivity index (χ1v) is 3.09. The molecule has 1 fully saturated rings. The van der Waals surface area contributed by atoms with E-state index in [1.165, 1.54) is 6.92 Å². The van der Waals surface area contributed by atoms with Crippen LogP contribution in [0.4, 0.5) is 0 Å². The van der Waals surface area contributed by atoms with Crippen LogP contribution in [0, 0.1) is 0 Å². The number of Topliss-reactive ketones (excluding diaryl/α,β-unsaturated/α-hetero) is 1. The number of carbonyl (C=O) groups is 1. The lowest BCUT2D eigenvalue weighted by molar-refractivity contribution is -0.126. The maximum Gasteiger partial charge on any atom is 0.160 e. The van der Waals surface area contributed by atoms with Gasteiger partial charge >= 0.3 is 0 Å². The van der Waals surface area contributed by atoms with E-state index in [0.717, 1.165) is 6.42 Å². The van der Waals surface area contributed by atoms with Crippen LogP contribution in [0.5, 0.6) is 0 Å². The normalized spacial score (nSPS) is 34.9. The van der Waals surface area contributed by atoms with E-state index >= 15 is 0 Å². The van der Waals surface area contributed by atoms with Crippen molar-refractivity contribution >= 4 is 5.78 Å². The number of hydrogen-bond acceptors (Lipinski definition) is 3. The zero-order valence-corrected chi connectivity index (χ0v) is 5.46. The Morgan fingerprint density at radius 1 is 1.78 bits per heavy atom. The summed E-state index contributed by atoms with van der Waals surface area (Å²) >= 11 is 0. The summed E-state index contributed by atoms with van der Waals surface area (Å²) in [7, 11) is 0. The van der Waals surface area contributed by atoms with Crippen molar-refractivity contribution in [2.24, 2.45) is 5.73 Å². The van der Waals surface area contributed by atoms with Crippen LogP contribution in [-0.2, 0) is 9.53 Å². The number of rotatable bonds is 1. The van der Waals surface area contributed by atoms with Crippen molar-refractivity contribution < 1.29 is 9.53 Å². The van der Waals surface area contributed by atoms with Gasteiger partial charge in [-0.05, 0) is 13.3 Å². The predicted octanol–water partition coefficient (Wildman–Crippen LogP) is -0.308. The third-order valence-electron chi connectivity index (χ3n) is 1.54. The number of carbonyl (C=O) groups excluding carboxylic acids is 1. The molecule has 0 aromatic carbocycles. The van der Waals surface area contributed by atoms with E-state index in [2.05, 4.69) is 0 Å². The van der Waals surface area contributed by atoms with Crippen molar-refractivity contribution in [3.8, 4) is 0 Å². The Balaban J connectivity index is 2.49. The fourth-order valence-electron chi connectivity index (χ4n) is 1.02. The molecule has 0 aromatic rings. The largest absolute Gasteiger partial charge is 0.369 e. The van der Waals surface area contributed by atoms with Gasteiger partial charge in [0, 0.05) is 12.6 Å². The Hall–Kier alpha value is -0.410. The fraction of sp³-hybridized carbons (Fsp3) is 0.833. The van der Waals surface area contributed by atoms with Crippen LogP contribution in [0.1, 0.15) is 13.3 Å². The molecular formula is C6H11NO2. The summed E-state index contributed by atoms with van der Waals surface area (Å²) in [6.07, 6.45) is 0.481. The van der Waals surface area contributed by atoms with Gasteiger partial charge in [-0.2, -0.15) is 0 Å². The first-order valence-electron chi connectivity index (χ1n) is 3.09. The summed E-state index contributed by atoms with van der Waals surface area (Å²) < 4.78 is 5.05. The molecule has 2 unspecified atom stereocenters. The Labute approximate surface area is 54.2 Å². The summed E-state index contributed by atoms with van der Waals surface area (Å²) in [4.78, 5) is 10.7. The fourth-order valence-corrected chi connectivity index (χ4v) is 1.02. The molecule has 1 aliphatic rings. The smallest absolute Gasteiger partial charge is 0.160 e. The quantitative estimate of drug-likeness (QED) is 0.528. The van der Waals surface area contributed by atoms with E-state index < -0.39 is 0 Å². The Morgan fingerprint density at radius 3 is 2.67 bits per heavy atom. The summed E-state index contributed by atoms with van der Waals surface area (Å²) in [6.45, 7) is 2.14. The molecule has 3 heteroatoms. The van der Waals surface area contributed by atoms with Gasteiger partial charge in [-0.25, -0.2) is 0 Å². The molecule has 0 bridgehead atoms. The molecule has 0 spiro atoms. The first kappa shape index (κ1) is 6.71. The van der Waals surface area contributed by atoms with Crippen molar-refractivity contribution in [1.29, 1.82) is 0 Å². The molecule has 9 heavy (non-hydrogen) atoms. The van der Waals surface area contributed by atoms with Crippen LogP contribution in [0.25, 0.3) is 0 Å². The van der Waals surface area contributed by atoms with Crippen molar-refractivity contribution in [2.45, 2.75) is 25.5 Å². The standard InChI is InChI=1S/C6H11NO2/c1-4(8)6-5(7)2-3-9-6/h5-6H,2-3,7H2,1H3. The topological polar surface area (TPSA) is 52.3 Å². The maximum atomic E-state index is 10.7. The molecule has 3 nitrogen and oxygen atoms in total. The average Bonchev–Trinajstić information content (AvgIpc) is 2.13. The summed E-state index contributed by atoms with van der Waals surface area (Å²) in [5, 5.41) is 0. The van der Waals surface area contributed by atoms with Crippen molar-refractivity contribution in [1.82, 2.24) is 0 Å². The van der Waals surface area contributed by atoms with Gasteiger partial charge in [0.1, 0.15) is 6.10 Å². The molecular weight excluding hydrogens is 118 g/mol. The Kier molecular flexibility index (Phi) is 1.83. The lowest BCUT2D eigenvalue weighted by Gasteiger charge is -2.08. The highest BCUT2D eigenvalue weighted by atomic mass is 16.5. The molecule has 1 rings (SSSR count). The van der Waals surface area contributed by atoms with E-state index in [4.69, 9.17) is 10.5 Å². The number of hydrogen-bond donors (Lipinski definition) is 1. The second-order valence-electron chi connectivity index (χ2n) is 2.35. The average molecular weight is 129 g/mol. The van der Waals surface area contributed by atoms with E-state index in [1.807, 2.05) is 0 Å². The van der Waals surface area contributed by atoms with Crippen molar-refractivity contribution in [3.63, 3.8) is 0 Å². The second kappa shape index (κ2) is 2.45. The van der Waals surface area contributed by atoms with Gasteiger partial charge in [0.05, 0.1) is 0 Å². The van der Waals surface area contributed by atoms with E-state index in [1.54, 1.807) is 0 Å². The van der Waals surface area contributed by atoms with Crippen molar-refractivity contribution in [3.05, 3.63) is 0 Å². The summed E-state index contributed by atoms with van der Waals surface area (Å²) in [6, 6.07) is -0.0671. The first-order chi connectivity index (χ1) is 4.22. The highest BCUT2D eigenvalue weighted by Crippen LogP contribution is 2.11. The molecule has 0 amide bonds. The van der Waals surface area contributed by atoms with E-state index in [9.17, 15) is 4.79 Å². The Bertz CT molecular complexity index is 124. The third kappa shape index (κ3) is 1.28. The Morgan fingerprint density at radius 2 is 2.44 bits per heavy atom. The number of nitrogens with two attached hydrogens (primary N) is 1. The highest BCUT2D eigenvalue weighted by Gasteiger charge is 2.28. The minimum absolute atomic E-state index is 0.0417. The molecule has 52 valence electrons. The van der Waals surface area contributed by atoms with E-state index in [0.29, 0.717) is 6.61 Å². The zero-order chi connectivity index (χ0) is 6.85. The monoisotopic (exact) mass is 129 g/mol. The summed E-state index contributed by atoms with van der Waals surface area (Å²) in [5.74, 6) is 0.0417. The van der Waals surface area contributed by atoms with Gasteiger partial charge < -0.3 is 10.5 Å². The van der Waals surface area contributed by atoms with Gasteiger partial charge in [0.25, 0.3) is 0 Å². The third-order valence-corrected chi connectivity index (χ3v) is 1.54. The SMILES string of the molecule is CC(=O)C1OCCC1N. The minimum Gasteiger partial charge on any atom is -0.369 e. The molecule has 1 heterocycles. The number of ketones is 1. The molecule has 2 N–H and O–H groups in total. The van der Waals surface area contributed by atoms with Crippen LogP contribution < -0.4 is 5.73 Å². The van der Waals surface area contributed by atoms with Crippen LogP contribution in [0.15, 0.2) is 0 Å². The van der Waals surface area contributed by atoms with Gasteiger partial charge in [0.2, 0.25) is 0 Å². The second-order valence-corrected chi connectivity index (χ2v) is 2.35. The molecule has 1 aliphatic heterocycles. The molecule has 0 saturated carbocycles. The lowest BCUT2D eigenvalue weighted by Crippen LogP contribution is -2.35. The molecule has 2 atom stereocenters. The predicted molar refractivity (Wildman–Crippen MR) is 33.0 cm³/mol. The lowest BCUT2D eigenvalue weighted by atomic mass is 10.1. The number of ether oxygens (including phenoxy) is 1. The van der Waals surface area contributed by atoms with Gasteiger partial charge in [0.15, 0.2) is 5.78 Å². The highest BCUT2D eigenvalue weighted by molar-refractivity contribution is 5.81. The van der Waals surface area contributed by atoms with Gasteiger partial charge in [-0.3, -0.25) is 4.79 Å². The van der Waals surface area contributed by atoms with Gasteiger partial charge in [-0.15, -0.1) is 0 Å². The van der Waals surface area contributed by atoms with Crippen LogP contribution in [0.2, 0.25) is 0 Å². The molecule has 1 saturated heterocycles. The van der Waals surface area contributed by atoms with Gasteiger partial charge in [-0.1, -0.05) is 0 Å². The van der Waals surface area contributed by atoms with Crippen LogP contribution in [-0.4, -0.2) is 24.5 Å². The summed E-state index contributed by atoms with van der Waals surface area (Å²) in [5.41, 5.74) is 5.53. The van der Waals surface area contributed by atoms with Crippen LogP contribution >= 0.6 is 0 Å². The van der Waals surface area contributed by atoms with E-state index in [-0.39, 0.29) is 17.9 Å². The van der Waals surface area contributed by atoms with Crippen molar-refractivity contribution in [2.75, 3.05) is 6.61 Å². The molecule has 0 aliphatic carbocycles. The molecule has 0 radical (unpaired) electrons.